The van der Waals surface area contributed by atoms with Gasteiger partial charge in [0, 0.05) is 13.1 Å². The second kappa shape index (κ2) is 5.32. The molecule has 7 heteroatoms. The van der Waals surface area contributed by atoms with Crippen molar-refractivity contribution in [2.45, 2.75) is 39.3 Å². The van der Waals surface area contributed by atoms with Crippen LogP contribution >= 0.6 is 0 Å². The van der Waals surface area contributed by atoms with Crippen LogP contribution in [0.5, 0.6) is 0 Å². The first-order chi connectivity index (χ1) is 8.19. The predicted octanol–water partition coefficient (Wildman–Crippen LogP) is 2.98. The van der Waals surface area contributed by atoms with Crippen LogP contribution in [0.25, 0.3) is 0 Å². The lowest BCUT2D eigenvalue weighted by Gasteiger charge is -2.23. The van der Waals surface area contributed by atoms with Crippen molar-refractivity contribution in [3.05, 3.63) is 17.5 Å². The highest BCUT2D eigenvalue weighted by molar-refractivity contribution is 5.67. The molecule has 0 N–H and O–H groups in total. The fraction of sp³-hybridized carbons (Fsp3) is 0.636. The molecule has 1 rings (SSSR count). The molecule has 1 amide bonds. The topological polar surface area (TPSA) is 55.6 Å². The lowest BCUT2D eigenvalue weighted by atomic mass is 10.2. The molecule has 0 radical (unpaired) electrons. The minimum atomic E-state index is -2.69. The molecule has 0 saturated carbocycles. The highest BCUT2D eigenvalue weighted by Gasteiger charge is 2.21. The number of carbonyl (C=O) groups excluding carboxylic acids is 1. The third-order valence-corrected chi connectivity index (χ3v) is 1.90. The molecule has 1 aromatic rings. The summed E-state index contributed by atoms with van der Waals surface area (Å²) in [6, 6.07) is 1.12. The lowest BCUT2D eigenvalue weighted by Crippen LogP contribution is -2.33. The molecule has 0 saturated heterocycles. The van der Waals surface area contributed by atoms with Gasteiger partial charge < -0.3 is 14.2 Å². The standard InChI is InChI=1S/C11H16F2N2O3/c1-11(2,3)17-10(16)15(4)6-7-5-8(9(12)13)14-18-7/h5,9H,6H2,1-4H3. The van der Waals surface area contributed by atoms with Crippen LogP contribution in [0.3, 0.4) is 0 Å². The van der Waals surface area contributed by atoms with E-state index in [1.807, 2.05) is 0 Å². The summed E-state index contributed by atoms with van der Waals surface area (Å²) in [5, 5.41) is 3.20. The Labute approximate surface area is 104 Å². The van der Waals surface area contributed by atoms with Gasteiger partial charge in [0.05, 0.1) is 6.54 Å². The summed E-state index contributed by atoms with van der Waals surface area (Å²) in [5.41, 5.74) is -1.05. The summed E-state index contributed by atoms with van der Waals surface area (Å²) in [4.78, 5) is 12.8. The smallest absolute Gasteiger partial charge is 0.410 e. The van der Waals surface area contributed by atoms with Gasteiger partial charge in [0.1, 0.15) is 11.3 Å². The first-order valence-corrected chi connectivity index (χ1v) is 5.37. The maximum absolute atomic E-state index is 12.3. The van der Waals surface area contributed by atoms with Crippen molar-refractivity contribution in [1.29, 1.82) is 0 Å². The average molecular weight is 262 g/mol. The molecule has 5 nitrogen and oxygen atoms in total. The minimum Gasteiger partial charge on any atom is -0.444 e. The van der Waals surface area contributed by atoms with Crippen molar-refractivity contribution < 1.29 is 22.8 Å². The van der Waals surface area contributed by atoms with Crippen LogP contribution in [0, 0.1) is 0 Å². The van der Waals surface area contributed by atoms with Crippen LogP contribution in [0.4, 0.5) is 13.6 Å². The van der Waals surface area contributed by atoms with E-state index in [0.29, 0.717) is 0 Å². The van der Waals surface area contributed by atoms with E-state index >= 15 is 0 Å². The van der Waals surface area contributed by atoms with Crippen LogP contribution in [-0.4, -0.2) is 28.8 Å². The predicted molar refractivity (Wildman–Crippen MR) is 59.2 cm³/mol. The Bertz CT molecular complexity index is 413. The molecule has 0 unspecified atom stereocenters. The van der Waals surface area contributed by atoms with Crippen molar-refractivity contribution in [2.24, 2.45) is 0 Å². The van der Waals surface area contributed by atoms with E-state index in [9.17, 15) is 13.6 Å². The second-order valence-electron chi connectivity index (χ2n) is 4.86. The van der Waals surface area contributed by atoms with E-state index in [-0.39, 0.29) is 12.3 Å². The number of nitrogens with zero attached hydrogens (tertiary/aromatic N) is 2. The fourth-order valence-corrected chi connectivity index (χ4v) is 1.14. The normalized spacial score (nSPS) is 11.7. The number of hydrogen-bond donors (Lipinski definition) is 0. The van der Waals surface area contributed by atoms with Crippen molar-refractivity contribution in [2.75, 3.05) is 7.05 Å². The Hall–Kier alpha value is -1.66. The Morgan fingerprint density at radius 2 is 2.17 bits per heavy atom. The zero-order valence-corrected chi connectivity index (χ0v) is 10.7. The summed E-state index contributed by atoms with van der Waals surface area (Å²) >= 11 is 0. The molecule has 1 heterocycles. The van der Waals surface area contributed by atoms with Gasteiger partial charge in [0.15, 0.2) is 5.76 Å². The third kappa shape index (κ3) is 4.31. The van der Waals surface area contributed by atoms with Gasteiger partial charge in [-0.2, -0.15) is 0 Å². The zero-order chi connectivity index (χ0) is 13.9. The number of aromatic nitrogens is 1. The minimum absolute atomic E-state index is 0.0225. The van der Waals surface area contributed by atoms with Crippen molar-refractivity contribution in [3.63, 3.8) is 0 Å². The Morgan fingerprint density at radius 1 is 1.56 bits per heavy atom. The van der Waals surface area contributed by atoms with Crippen LogP contribution in [0.1, 0.15) is 38.7 Å². The average Bonchev–Trinajstić information content (AvgIpc) is 2.63. The lowest BCUT2D eigenvalue weighted by molar-refractivity contribution is 0.0271. The van der Waals surface area contributed by atoms with Crippen molar-refractivity contribution in [3.8, 4) is 0 Å². The summed E-state index contributed by atoms with van der Waals surface area (Å²) in [5.74, 6) is 0.179. The van der Waals surface area contributed by atoms with E-state index < -0.39 is 23.8 Å². The fourth-order valence-electron chi connectivity index (χ4n) is 1.14. The molecular weight excluding hydrogens is 246 g/mol. The first kappa shape index (κ1) is 14.4. The van der Waals surface area contributed by atoms with E-state index in [2.05, 4.69) is 5.16 Å². The Morgan fingerprint density at radius 3 is 2.61 bits per heavy atom. The Kier molecular flexibility index (Phi) is 4.26. The number of alkyl halides is 2. The summed E-state index contributed by atoms with van der Waals surface area (Å²) in [6.07, 6.45) is -3.24. The zero-order valence-electron chi connectivity index (χ0n) is 10.7. The molecule has 0 aliphatic carbocycles. The van der Waals surface area contributed by atoms with Gasteiger partial charge in [-0.25, -0.2) is 13.6 Å². The molecular formula is C11H16F2N2O3. The van der Waals surface area contributed by atoms with Crippen LogP contribution < -0.4 is 0 Å². The molecule has 0 fully saturated rings. The summed E-state index contributed by atoms with van der Waals surface area (Å²) in [6.45, 7) is 5.24. The maximum Gasteiger partial charge on any atom is 0.410 e. The van der Waals surface area contributed by atoms with Gasteiger partial charge in [-0.05, 0) is 20.8 Å². The molecule has 0 spiro atoms. The van der Waals surface area contributed by atoms with Crippen LogP contribution in [0.2, 0.25) is 0 Å². The van der Waals surface area contributed by atoms with E-state index in [0.717, 1.165) is 6.07 Å². The van der Waals surface area contributed by atoms with E-state index in [4.69, 9.17) is 9.26 Å². The number of ether oxygens (including phenoxy) is 1. The van der Waals surface area contributed by atoms with Gasteiger partial charge >= 0.3 is 6.09 Å². The maximum atomic E-state index is 12.3. The van der Waals surface area contributed by atoms with Crippen molar-refractivity contribution >= 4 is 6.09 Å². The van der Waals surface area contributed by atoms with Gasteiger partial charge in [-0.15, -0.1) is 0 Å². The molecule has 1 aromatic heterocycles. The third-order valence-electron chi connectivity index (χ3n) is 1.90. The SMILES string of the molecule is CN(Cc1cc(C(F)F)no1)C(=O)OC(C)(C)C. The number of carbonyl (C=O) groups is 1. The highest BCUT2D eigenvalue weighted by atomic mass is 19.3. The monoisotopic (exact) mass is 262 g/mol. The van der Waals surface area contributed by atoms with Crippen LogP contribution in [0.15, 0.2) is 10.6 Å². The second-order valence-corrected chi connectivity index (χ2v) is 4.86. The first-order valence-electron chi connectivity index (χ1n) is 5.37. The van der Waals surface area contributed by atoms with Gasteiger partial charge in [-0.3, -0.25) is 0 Å². The number of halogens is 2. The molecule has 102 valence electrons. The molecule has 0 aliphatic rings. The van der Waals surface area contributed by atoms with Crippen molar-refractivity contribution in [1.82, 2.24) is 10.1 Å². The summed E-state index contributed by atoms with van der Waals surface area (Å²) in [7, 11) is 1.48. The molecule has 0 atom stereocenters. The quantitative estimate of drug-likeness (QED) is 0.840. The van der Waals surface area contributed by atoms with E-state index in [1.165, 1.54) is 11.9 Å². The number of hydrogen-bond acceptors (Lipinski definition) is 4. The largest absolute Gasteiger partial charge is 0.444 e. The number of rotatable bonds is 3. The Balaban J connectivity index is 2.58. The highest BCUT2D eigenvalue weighted by Crippen LogP contribution is 2.19. The van der Waals surface area contributed by atoms with Gasteiger partial charge in [-0.1, -0.05) is 5.16 Å². The molecule has 18 heavy (non-hydrogen) atoms. The number of amides is 1. The van der Waals surface area contributed by atoms with E-state index in [1.54, 1.807) is 20.8 Å². The summed E-state index contributed by atoms with van der Waals surface area (Å²) < 4.78 is 34.3. The molecule has 0 aliphatic heterocycles. The van der Waals surface area contributed by atoms with Crippen LogP contribution in [-0.2, 0) is 11.3 Å². The molecule has 0 bridgehead atoms. The van der Waals surface area contributed by atoms with Gasteiger partial charge in [0.2, 0.25) is 0 Å². The van der Waals surface area contributed by atoms with Gasteiger partial charge in [0.25, 0.3) is 6.43 Å². The molecule has 0 aromatic carbocycles.